The van der Waals surface area contributed by atoms with Gasteiger partial charge in [0.15, 0.2) is 0 Å². The van der Waals surface area contributed by atoms with Gasteiger partial charge in [-0.2, -0.15) is 0 Å². The smallest absolute Gasteiger partial charge is 0.253 e. The Labute approximate surface area is 120 Å². The van der Waals surface area contributed by atoms with Gasteiger partial charge in [0.1, 0.15) is 5.82 Å². The Bertz CT molecular complexity index is 586. The van der Waals surface area contributed by atoms with Crippen molar-refractivity contribution in [2.45, 2.75) is 6.54 Å². The van der Waals surface area contributed by atoms with Crippen LogP contribution in [0.3, 0.4) is 0 Å². The number of rotatable bonds is 3. The van der Waals surface area contributed by atoms with Crippen LogP contribution in [0, 0.1) is 5.82 Å². The van der Waals surface area contributed by atoms with Crippen LogP contribution in [0.5, 0.6) is 0 Å². The standard InChI is InChI=1S/C15H13BrFNO/c1-18(15(19)11-5-3-2-4-6-11)10-12-9-13(16)7-8-14(12)17/h2-9H,10H2,1H3. The van der Waals surface area contributed by atoms with Crippen molar-refractivity contribution < 1.29 is 9.18 Å². The highest BCUT2D eigenvalue weighted by Crippen LogP contribution is 2.17. The first-order valence-electron chi connectivity index (χ1n) is 5.82. The molecule has 2 aromatic rings. The number of hydrogen-bond acceptors (Lipinski definition) is 1. The van der Waals surface area contributed by atoms with Crippen LogP contribution in [0.15, 0.2) is 53.0 Å². The van der Waals surface area contributed by atoms with E-state index < -0.39 is 0 Å². The molecule has 98 valence electrons. The van der Waals surface area contributed by atoms with E-state index in [4.69, 9.17) is 0 Å². The van der Waals surface area contributed by atoms with E-state index in [1.807, 2.05) is 6.07 Å². The number of amides is 1. The van der Waals surface area contributed by atoms with Crippen LogP contribution in [-0.2, 0) is 6.54 Å². The zero-order valence-corrected chi connectivity index (χ0v) is 12.0. The maximum absolute atomic E-state index is 13.6. The van der Waals surface area contributed by atoms with Crippen molar-refractivity contribution in [1.29, 1.82) is 0 Å². The summed E-state index contributed by atoms with van der Waals surface area (Å²) in [6.07, 6.45) is 0. The normalized spacial score (nSPS) is 10.3. The van der Waals surface area contributed by atoms with E-state index >= 15 is 0 Å². The number of carbonyl (C=O) groups excluding carboxylic acids is 1. The molecule has 2 rings (SSSR count). The molecule has 0 aromatic heterocycles. The highest BCUT2D eigenvalue weighted by molar-refractivity contribution is 9.10. The molecule has 0 saturated heterocycles. The van der Waals surface area contributed by atoms with Crippen LogP contribution in [-0.4, -0.2) is 17.9 Å². The number of hydrogen-bond donors (Lipinski definition) is 0. The van der Waals surface area contributed by atoms with Crippen LogP contribution < -0.4 is 0 Å². The average molecular weight is 322 g/mol. The Hall–Kier alpha value is -1.68. The van der Waals surface area contributed by atoms with Crippen molar-refractivity contribution >= 4 is 21.8 Å². The molecule has 2 nitrogen and oxygen atoms in total. The third kappa shape index (κ3) is 3.41. The fourth-order valence-corrected chi connectivity index (χ4v) is 2.20. The Morgan fingerprint density at radius 3 is 2.58 bits per heavy atom. The summed E-state index contributed by atoms with van der Waals surface area (Å²) < 4.78 is 14.4. The molecule has 0 saturated carbocycles. The van der Waals surface area contributed by atoms with Crippen LogP contribution in [0.1, 0.15) is 15.9 Å². The van der Waals surface area contributed by atoms with E-state index in [0.29, 0.717) is 11.1 Å². The van der Waals surface area contributed by atoms with Crippen molar-refractivity contribution in [3.05, 3.63) is 69.9 Å². The van der Waals surface area contributed by atoms with Gasteiger partial charge in [-0.25, -0.2) is 4.39 Å². The molecule has 2 aromatic carbocycles. The van der Waals surface area contributed by atoms with Gasteiger partial charge in [-0.3, -0.25) is 4.79 Å². The molecule has 0 aliphatic carbocycles. The Balaban J connectivity index is 2.15. The first-order chi connectivity index (χ1) is 9.08. The lowest BCUT2D eigenvalue weighted by Gasteiger charge is -2.18. The SMILES string of the molecule is CN(Cc1cc(Br)ccc1F)C(=O)c1ccccc1. The first-order valence-corrected chi connectivity index (χ1v) is 6.61. The van der Waals surface area contributed by atoms with Gasteiger partial charge in [0.05, 0.1) is 0 Å². The van der Waals surface area contributed by atoms with Gasteiger partial charge in [0, 0.05) is 29.2 Å². The largest absolute Gasteiger partial charge is 0.337 e. The van der Waals surface area contributed by atoms with E-state index in [9.17, 15) is 9.18 Å². The predicted octanol–water partition coefficient (Wildman–Crippen LogP) is 3.86. The molecule has 0 fully saturated rings. The van der Waals surface area contributed by atoms with Gasteiger partial charge >= 0.3 is 0 Å². The van der Waals surface area contributed by atoms with Gasteiger partial charge in [0.25, 0.3) is 5.91 Å². The van der Waals surface area contributed by atoms with E-state index in [0.717, 1.165) is 4.47 Å². The number of halogens is 2. The van der Waals surface area contributed by atoms with E-state index in [2.05, 4.69) is 15.9 Å². The topological polar surface area (TPSA) is 20.3 Å². The summed E-state index contributed by atoms with van der Waals surface area (Å²) in [5.41, 5.74) is 1.08. The molecule has 4 heteroatoms. The molecule has 0 heterocycles. The van der Waals surface area contributed by atoms with Gasteiger partial charge in [-0.1, -0.05) is 34.1 Å². The second-order valence-corrected chi connectivity index (χ2v) is 5.18. The number of nitrogens with zero attached hydrogens (tertiary/aromatic N) is 1. The van der Waals surface area contributed by atoms with Crippen LogP contribution in [0.25, 0.3) is 0 Å². The fourth-order valence-electron chi connectivity index (χ4n) is 1.79. The summed E-state index contributed by atoms with van der Waals surface area (Å²) in [6, 6.07) is 13.7. The van der Waals surface area contributed by atoms with Crippen molar-refractivity contribution in [3.63, 3.8) is 0 Å². The molecule has 0 bridgehead atoms. The fraction of sp³-hybridized carbons (Fsp3) is 0.133. The Morgan fingerprint density at radius 2 is 1.89 bits per heavy atom. The molecule has 0 aliphatic rings. The molecule has 1 amide bonds. The summed E-state index contributed by atoms with van der Waals surface area (Å²) >= 11 is 3.30. The van der Waals surface area contributed by atoms with E-state index in [1.54, 1.807) is 43.4 Å². The van der Waals surface area contributed by atoms with Gasteiger partial charge in [0.2, 0.25) is 0 Å². The molecule has 0 spiro atoms. The molecule has 0 aliphatic heterocycles. The summed E-state index contributed by atoms with van der Waals surface area (Å²) in [5, 5.41) is 0. The van der Waals surface area contributed by atoms with Crippen LogP contribution in [0.4, 0.5) is 4.39 Å². The second-order valence-electron chi connectivity index (χ2n) is 4.26. The number of benzene rings is 2. The van der Waals surface area contributed by atoms with Crippen molar-refractivity contribution in [2.75, 3.05) is 7.05 Å². The summed E-state index contributed by atoms with van der Waals surface area (Å²) in [6.45, 7) is 0.235. The Morgan fingerprint density at radius 1 is 1.21 bits per heavy atom. The van der Waals surface area contributed by atoms with E-state index in [-0.39, 0.29) is 18.3 Å². The van der Waals surface area contributed by atoms with Crippen molar-refractivity contribution in [1.82, 2.24) is 4.90 Å². The minimum Gasteiger partial charge on any atom is -0.337 e. The molecule has 0 N–H and O–H groups in total. The lowest BCUT2D eigenvalue weighted by Crippen LogP contribution is -2.26. The molecular weight excluding hydrogens is 309 g/mol. The highest BCUT2D eigenvalue weighted by Gasteiger charge is 2.13. The van der Waals surface area contributed by atoms with Crippen LogP contribution >= 0.6 is 15.9 Å². The van der Waals surface area contributed by atoms with Gasteiger partial charge in [-0.05, 0) is 30.3 Å². The quantitative estimate of drug-likeness (QED) is 0.840. The third-order valence-corrected chi connectivity index (χ3v) is 3.28. The third-order valence-electron chi connectivity index (χ3n) is 2.78. The zero-order chi connectivity index (χ0) is 13.8. The lowest BCUT2D eigenvalue weighted by molar-refractivity contribution is 0.0784. The monoisotopic (exact) mass is 321 g/mol. The minimum absolute atomic E-state index is 0.125. The van der Waals surface area contributed by atoms with E-state index in [1.165, 1.54) is 11.0 Å². The zero-order valence-electron chi connectivity index (χ0n) is 10.4. The Kier molecular flexibility index (Phi) is 4.32. The summed E-state index contributed by atoms with van der Waals surface area (Å²) in [7, 11) is 1.66. The maximum Gasteiger partial charge on any atom is 0.253 e. The lowest BCUT2D eigenvalue weighted by atomic mass is 10.1. The molecule has 0 atom stereocenters. The van der Waals surface area contributed by atoms with Crippen LogP contribution in [0.2, 0.25) is 0 Å². The maximum atomic E-state index is 13.6. The molecule has 0 unspecified atom stereocenters. The molecular formula is C15H13BrFNO. The first kappa shape index (κ1) is 13.7. The molecule has 19 heavy (non-hydrogen) atoms. The average Bonchev–Trinajstić information content (AvgIpc) is 2.43. The number of carbonyl (C=O) groups is 1. The summed E-state index contributed by atoms with van der Waals surface area (Å²) in [4.78, 5) is 13.6. The van der Waals surface area contributed by atoms with Crippen molar-refractivity contribution in [2.24, 2.45) is 0 Å². The van der Waals surface area contributed by atoms with Gasteiger partial charge in [-0.15, -0.1) is 0 Å². The minimum atomic E-state index is -0.309. The highest BCUT2D eigenvalue weighted by atomic mass is 79.9. The predicted molar refractivity (Wildman–Crippen MR) is 76.3 cm³/mol. The van der Waals surface area contributed by atoms with Crippen molar-refractivity contribution in [3.8, 4) is 0 Å². The summed E-state index contributed by atoms with van der Waals surface area (Å²) in [5.74, 6) is -0.434. The molecule has 0 radical (unpaired) electrons. The van der Waals surface area contributed by atoms with Gasteiger partial charge < -0.3 is 4.90 Å². The second kappa shape index (κ2) is 5.97.